The molecule has 0 N–H and O–H groups in total. The zero-order chi connectivity index (χ0) is 17.3. The lowest BCUT2D eigenvalue weighted by atomic mass is 9.81. The fraction of sp³-hybridized carbons (Fsp3) is 0.450. The van der Waals surface area contributed by atoms with Crippen LogP contribution >= 0.6 is 0 Å². The number of hydrogen-bond acceptors (Lipinski definition) is 4. The molecule has 2 aromatic heterocycles. The average Bonchev–Trinajstić information content (AvgIpc) is 3.17. The predicted octanol–water partition coefficient (Wildman–Crippen LogP) is 3.11. The Morgan fingerprint density at radius 2 is 2.32 bits per heavy atom. The van der Waals surface area contributed by atoms with Gasteiger partial charge in [0, 0.05) is 43.2 Å². The summed E-state index contributed by atoms with van der Waals surface area (Å²) < 4.78 is 5.99. The van der Waals surface area contributed by atoms with Crippen molar-refractivity contribution in [2.24, 2.45) is 11.3 Å². The first kappa shape index (κ1) is 16.1. The van der Waals surface area contributed by atoms with Gasteiger partial charge in [0.15, 0.2) is 0 Å². The van der Waals surface area contributed by atoms with Gasteiger partial charge in [0.25, 0.3) is 5.91 Å². The van der Waals surface area contributed by atoms with Crippen LogP contribution in [-0.2, 0) is 0 Å². The van der Waals surface area contributed by atoms with E-state index in [4.69, 9.17) is 4.74 Å². The molecule has 0 unspecified atom stereocenters. The Morgan fingerprint density at radius 3 is 3.12 bits per heavy atom. The lowest BCUT2D eigenvalue weighted by Gasteiger charge is -2.28. The number of ether oxygens (including phenoxy) is 1. The molecule has 0 spiro atoms. The van der Waals surface area contributed by atoms with Crippen LogP contribution in [-0.4, -0.2) is 40.5 Å². The van der Waals surface area contributed by atoms with Crippen LogP contribution in [0, 0.1) is 18.3 Å². The second kappa shape index (κ2) is 6.47. The highest BCUT2D eigenvalue weighted by molar-refractivity contribution is 5.94. The van der Waals surface area contributed by atoms with Gasteiger partial charge in [0.1, 0.15) is 0 Å². The molecular weight excluding hydrogens is 314 g/mol. The number of nitrogens with zero attached hydrogens (tertiary/aromatic N) is 3. The first-order chi connectivity index (χ1) is 12.2. The number of pyridine rings is 2. The van der Waals surface area contributed by atoms with Crippen LogP contribution in [0.5, 0.6) is 5.88 Å². The number of rotatable bonds is 4. The molecule has 1 aliphatic carbocycles. The topological polar surface area (TPSA) is 55.3 Å². The summed E-state index contributed by atoms with van der Waals surface area (Å²) in [7, 11) is 0. The van der Waals surface area contributed by atoms with Crippen molar-refractivity contribution < 1.29 is 9.53 Å². The number of carbonyl (C=O) groups is 1. The average molecular weight is 337 g/mol. The van der Waals surface area contributed by atoms with Gasteiger partial charge in [-0.3, -0.25) is 9.78 Å². The Kier molecular flexibility index (Phi) is 4.15. The second-order valence-electron chi connectivity index (χ2n) is 7.34. The first-order valence-electron chi connectivity index (χ1n) is 8.91. The van der Waals surface area contributed by atoms with E-state index in [0.29, 0.717) is 24.0 Å². The van der Waals surface area contributed by atoms with Crippen molar-refractivity contribution in [1.82, 2.24) is 14.9 Å². The molecule has 5 nitrogen and oxygen atoms in total. The summed E-state index contributed by atoms with van der Waals surface area (Å²) in [6, 6.07) is 7.62. The van der Waals surface area contributed by atoms with Gasteiger partial charge in [-0.15, -0.1) is 0 Å². The van der Waals surface area contributed by atoms with Crippen molar-refractivity contribution in [3.05, 3.63) is 54.0 Å². The minimum Gasteiger partial charge on any atom is -0.477 e. The Morgan fingerprint density at radius 1 is 1.40 bits per heavy atom. The zero-order valence-electron chi connectivity index (χ0n) is 14.5. The molecule has 1 saturated heterocycles. The van der Waals surface area contributed by atoms with Crippen LogP contribution in [0.4, 0.5) is 0 Å². The highest BCUT2D eigenvalue weighted by Gasteiger charge is 2.51. The fourth-order valence-electron chi connectivity index (χ4n) is 4.31. The largest absolute Gasteiger partial charge is 0.477 e. The van der Waals surface area contributed by atoms with Gasteiger partial charge < -0.3 is 9.64 Å². The lowest BCUT2D eigenvalue weighted by Crippen LogP contribution is -2.35. The molecule has 3 heterocycles. The Balaban J connectivity index is 1.48. The summed E-state index contributed by atoms with van der Waals surface area (Å²) in [5.41, 5.74) is 1.75. The van der Waals surface area contributed by atoms with E-state index >= 15 is 0 Å². The van der Waals surface area contributed by atoms with E-state index in [2.05, 4.69) is 9.97 Å². The van der Waals surface area contributed by atoms with E-state index in [-0.39, 0.29) is 11.3 Å². The molecule has 0 aromatic carbocycles. The third kappa shape index (κ3) is 3.11. The normalized spacial score (nSPS) is 25.0. The van der Waals surface area contributed by atoms with E-state index in [1.807, 2.05) is 36.1 Å². The number of carbonyl (C=O) groups excluding carboxylic acids is 1. The molecule has 4 rings (SSSR count). The maximum Gasteiger partial charge on any atom is 0.255 e. The van der Waals surface area contributed by atoms with Crippen LogP contribution < -0.4 is 4.74 Å². The van der Waals surface area contributed by atoms with Crippen LogP contribution in [0.25, 0.3) is 0 Å². The molecule has 5 heteroatoms. The van der Waals surface area contributed by atoms with Gasteiger partial charge in [-0.1, -0.05) is 12.5 Å². The molecule has 2 aliphatic rings. The zero-order valence-corrected chi connectivity index (χ0v) is 14.5. The number of fused-ring (bicyclic) bond motifs is 1. The van der Waals surface area contributed by atoms with Crippen LogP contribution in [0.2, 0.25) is 0 Å². The second-order valence-corrected chi connectivity index (χ2v) is 7.34. The smallest absolute Gasteiger partial charge is 0.255 e. The molecule has 1 aliphatic heterocycles. The molecule has 25 heavy (non-hydrogen) atoms. The molecule has 1 saturated carbocycles. The summed E-state index contributed by atoms with van der Waals surface area (Å²) in [5.74, 6) is 1.26. The van der Waals surface area contributed by atoms with E-state index in [9.17, 15) is 4.79 Å². The van der Waals surface area contributed by atoms with Gasteiger partial charge in [-0.2, -0.15) is 0 Å². The maximum atomic E-state index is 12.9. The van der Waals surface area contributed by atoms with E-state index in [1.54, 1.807) is 18.6 Å². The number of likely N-dealkylation sites (tertiary alicyclic amines) is 1. The summed E-state index contributed by atoms with van der Waals surface area (Å²) in [6.45, 7) is 4.17. The highest BCUT2D eigenvalue weighted by Crippen LogP contribution is 2.49. The highest BCUT2D eigenvalue weighted by atomic mass is 16.5. The summed E-state index contributed by atoms with van der Waals surface area (Å²) in [4.78, 5) is 23.3. The Labute approximate surface area is 148 Å². The number of amides is 1. The maximum absolute atomic E-state index is 12.9. The van der Waals surface area contributed by atoms with E-state index < -0.39 is 0 Å². The van der Waals surface area contributed by atoms with E-state index in [1.165, 1.54) is 12.8 Å². The number of hydrogen-bond donors (Lipinski definition) is 0. The summed E-state index contributed by atoms with van der Waals surface area (Å²) in [5, 5.41) is 0. The fourth-order valence-corrected chi connectivity index (χ4v) is 4.31. The van der Waals surface area contributed by atoms with Gasteiger partial charge in [-0.05, 0) is 43.4 Å². The molecule has 2 fully saturated rings. The molecule has 2 atom stereocenters. The van der Waals surface area contributed by atoms with Crippen LogP contribution in [0.15, 0.2) is 42.9 Å². The van der Waals surface area contributed by atoms with Crippen molar-refractivity contribution >= 4 is 5.91 Å². The van der Waals surface area contributed by atoms with Crippen molar-refractivity contribution in [3.8, 4) is 5.88 Å². The third-order valence-electron chi connectivity index (χ3n) is 5.59. The quantitative estimate of drug-likeness (QED) is 0.860. The molecule has 2 aromatic rings. The molecule has 0 radical (unpaired) electrons. The van der Waals surface area contributed by atoms with Gasteiger partial charge >= 0.3 is 0 Å². The summed E-state index contributed by atoms with van der Waals surface area (Å²) >= 11 is 0. The Bertz CT molecular complexity index is 765. The van der Waals surface area contributed by atoms with Crippen LogP contribution in [0.3, 0.4) is 0 Å². The van der Waals surface area contributed by atoms with Gasteiger partial charge in [0.05, 0.1) is 12.2 Å². The monoisotopic (exact) mass is 337 g/mol. The molecule has 1 amide bonds. The predicted molar refractivity (Wildman–Crippen MR) is 94.4 cm³/mol. The standard InChI is InChI=1S/C20H23N3O2/c1-15-9-16(11-21-10-15)19(24)23-12-17-5-4-7-20(17,13-23)14-25-18-6-2-3-8-22-18/h2-3,6,8-11,17H,4-5,7,12-14H2,1H3/t17-,20+/m1/s1. The molecular formula is C20H23N3O2. The van der Waals surface area contributed by atoms with E-state index in [0.717, 1.165) is 25.1 Å². The Hall–Kier alpha value is -2.43. The lowest BCUT2D eigenvalue weighted by molar-refractivity contribution is 0.0744. The SMILES string of the molecule is Cc1cncc(C(=O)N2C[C@H]3CCC[C@@]3(COc3ccccn3)C2)c1. The van der Waals surface area contributed by atoms with Gasteiger partial charge in [0.2, 0.25) is 5.88 Å². The summed E-state index contributed by atoms with van der Waals surface area (Å²) in [6.07, 6.45) is 8.68. The van der Waals surface area contributed by atoms with Crippen LogP contribution in [0.1, 0.15) is 35.2 Å². The number of aryl methyl sites for hydroxylation is 1. The van der Waals surface area contributed by atoms with Crippen molar-refractivity contribution in [1.29, 1.82) is 0 Å². The minimum atomic E-state index is 0.0600. The molecule has 130 valence electrons. The first-order valence-corrected chi connectivity index (χ1v) is 8.91. The minimum absolute atomic E-state index is 0.0600. The molecule has 0 bridgehead atoms. The third-order valence-corrected chi connectivity index (χ3v) is 5.59. The van der Waals surface area contributed by atoms with Crippen molar-refractivity contribution in [2.45, 2.75) is 26.2 Å². The van der Waals surface area contributed by atoms with Crippen molar-refractivity contribution in [3.63, 3.8) is 0 Å². The van der Waals surface area contributed by atoms with Gasteiger partial charge in [-0.25, -0.2) is 4.98 Å². The number of aromatic nitrogens is 2. The van der Waals surface area contributed by atoms with Crippen molar-refractivity contribution in [2.75, 3.05) is 19.7 Å².